The van der Waals surface area contributed by atoms with Crippen LogP contribution in [0, 0.1) is 5.92 Å². The van der Waals surface area contributed by atoms with Gasteiger partial charge in [-0.3, -0.25) is 9.36 Å². The lowest BCUT2D eigenvalue weighted by atomic mass is 9.99. The van der Waals surface area contributed by atoms with E-state index in [1.165, 1.54) is 0 Å². The van der Waals surface area contributed by atoms with Gasteiger partial charge in [0, 0.05) is 24.4 Å². The number of nitrogens with two attached hydrogens (primary N) is 1. The Morgan fingerprint density at radius 3 is 1.88 bits per heavy atom. The molecule has 3 rings (SSSR count). The van der Waals surface area contributed by atoms with Crippen molar-refractivity contribution >= 4 is 24.9 Å². The summed E-state index contributed by atoms with van der Waals surface area (Å²) in [5.41, 5.74) is 8.48. The van der Waals surface area contributed by atoms with Gasteiger partial charge in [0.1, 0.15) is 6.04 Å². The number of benzene rings is 3. The first-order chi connectivity index (χ1) is 16.2. The Balaban J connectivity index is 1.77. The Bertz CT molecular complexity index is 1140. The molecule has 0 saturated carbocycles. The zero-order chi connectivity index (χ0) is 24.6. The summed E-state index contributed by atoms with van der Waals surface area (Å²) in [5, 5.41) is 12.3. The number of hydrogen-bond donors (Lipinski definition) is 4. The van der Waals surface area contributed by atoms with Gasteiger partial charge in [0.15, 0.2) is 0 Å². The Kier molecular flexibility index (Phi) is 8.63. The standard InChI is InChI=1S/C26H29N2O5P/c27-23-13-11-21(12-14-23)17-34(32,33)18-22(15-19-7-3-1-4-8-19)25(29)28-24(26(30)31)16-20-9-5-2-6-10-20/h1-14,22,24H,15-18,27H2,(H,28,29)(H,30,31)(H,32,33). The molecule has 0 aliphatic carbocycles. The van der Waals surface area contributed by atoms with Crippen molar-refractivity contribution in [3.63, 3.8) is 0 Å². The third-order valence-electron chi connectivity index (χ3n) is 5.51. The van der Waals surface area contributed by atoms with Crippen LogP contribution in [0.5, 0.6) is 0 Å². The Morgan fingerprint density at radius 1 is 0.824 bits per heavy atom. The van der Waals surface area contributed by atoms with E-state index in [4.69, 9.17) is 5.73 Å². The number of nitrogen functional groups attached to an aromatic ring is 1. The molecule has 3 aromatic rings. The van der Waals surface area contributed by atoms with Gasteiger partial charge in [-0.05, 0) is 35.2 Å². The molecular weight excluding hydrogens is 451 g/mol. The minimum absolute atomic E-state index is 0.0990. The van der Waals surface area contributed by atoms with Crippen LogP contribution in [-0.4, -0.2) is 34.1 Å². The van der Waals surface area contributed by atoms with Crippen LogP contribution in [0.25, 0.3) is 0 Å². The Hall–Kier alpha value is -3.41. The van der Waals surface area contributed by atoms with E-state index in [2.05, 4.69) is 5.32 Å². The highest BCUT2D eigenvalue weighted by Crippen LogP contribution is 2.46. The maximum Gasteiger partial charge on any atom is 0.326 e. The molecule has 178 valence electrons. The Labute approximate surface area is 199 Å². The minimum atomic E-state index is -3.76. The number of rotatable bonds is 11. The summed E-state index contributed by atoms with van der Waals surface area (Å²) in [7, 11) is -3.76. The third-order valence-corrected chi connectivity index (χ3v) is 7.38. The van der Waals surface area contributed by atoms with Crippen LogP contribution in [0.15, 0.2) is 84.9 Å². The lowest BCUT2D eigenvalue weighted by molar-refractivity contribution is -0.142. The van der Waals surface area contributed by atoms with Crippen molar-refractivity contribution in [1.82, 2.24) is 5.32 Å². The summed E-state index contributed by atoms with van der Waals surface area (Å²) in [6.45, 7) is 0. The van der Waals surface area contributed by atoms with E-state index in [0.717, 1.165) is 11.1 Å². The van der Waals surface area contributed by atoms with Crippen LogP contribution in [-0.2, 0) is 33.2 Å². The van der Waals surface area contributed by atoms with E-state index in [9.17, 15) is 24.2 Å². The number of amides is 1. The van der Waals surface area contributed by atoms with Gasteiger partial charge in [0.25, 0.3) is 0 Å². The van der Waals surface area contributed by atoms with Crippen molar-refractivity contribution in [2.75, 3.05) is 11.9 Å². The van der Waals surface area contributed by atoms with E-state index in [-0.39, 0.29) is 25.2 Å². The molecule has 7 nitrogen and oxygen atoms in total. The maximum absolute atomic E-state index is 13.2. The number of hydrogen-bond acceptors (Lipinski definition) is 4. The molecule has 1 amide bonds. The van der Waals surface area contributed by atoms with Crippen molar-refractivity contribution in [1.29, 1.82) is 0 Å². The first-order valence-electron chi connectivity index (χ1n) is 11.0. The van der Waals surface area contributed by atoms with Gasteiger partial charge >= 0.3 is 5.97 Å². The molecule has 34 heavy (non-hydrogen) atoms. The Morgan fingerprint density at radius 2 is 1.35 bits per heavy atom. The number of nitrogens with one attached hydrogen (secondary N) is 1. The lowest BCUT2D eigenvalue weighted by Crippen LogP contribution is -2.46. The van der Waals surface area contributed by atoms with E-state index < -0.39 is 31.2 Å². The number of carboxylic acid groups (broad SMARTS) is 1. The fourth-order valence-corrected chi connectivity index (χ4v) is 5.69. The first kappa shape index (κ1) is 25.2. The van der Waals surface area contributed by atoms with Gasteiger partial charge < -0.3 is 21.1 Å². The van der Waals surface area contributed by atoms with Gasteiger partial charge in [-0.25, -0.2) is 4.79 Å². The van der Waals surface area contributed by atoms with E-state index in [1.54, 1.807) is 48.5 Å². The van der Waals surface area contributed by atoms with Crippen LogP contribution in [0.2, 0.25) is 0 Å². The van der Waals surface area contributed by atoms with Crippen molar-refractivity contribution in [3.8, 4) is 0 Å². The van der Waals surface area contributed by atoms with Gasteiger partial charge in [0.2, 0.25) is 13.3 Å². The highest BCUT2D eigenvalue weighted by Gasteiger charge is 2.32. The molecule has 0 fully saturated rings. The fourth-order valence-electron chi connectivity index (χ4n) is 3.80. The topological polar surface area (TPSA) is 130 Å². The molecule has 0 aliphatic heterocycles. The predicted octanol–water partition coefficient (Wildman–Crippen LogP) is 3.71. The van der Waals surface area contributed by atoms with Gasteiger partial charge in [-0.1, -0.05) is 72.8 Å². The number of aliphatic carboxylic acids is 1. The second-order valence-corrected chi connectivity index (χ2v) is 10.8. The molecule has 0 aromatic heterocycles. The molecule has 0 radical (unpaired) electrons. The summed E-state index contributed by atoms with van der Waals surface area (Å²) >= 11 is 0. The second-order valence-electron chi connectivity index (χ2n) is 8.40. The first-order valence-corrected chi connectivity index (χ1v) is 13.0. The molecule has 0 saturated heterocycles. The summed E-state index contributed by atoms with van der Waals surface area (Å²) in [6, 6.07) is 23.7. The number of anilines is 1. The average molecular weight is 481 g/mol. The lowest BCUT2D eigenvalue weighted by Gasteiger charge is -2.23. The third kappa shape index (κ3) is 7.87. The van der Waals surface area contributed by atoms with Crippen molar-refractivity contribution in [3.05, 3.63) is 102 Å². The van der Waals surface area contributed by atoms with Crippen molar-refractivity contribution in [2.45, 2.75) is 25.0 Å². The van der Waals surface area contributed by atoms with E-state index in [0.29, 0.717) is 11.3 Å². The highest BCUT2D eigenvalue weighted by atomic mass is 31.2. The molecule has 8 heteroatoms. The normalized spacial score (nSPS) is 14.5. The van der Waals surface area contributed by atoms with E-state index in [1.807, 2.05) is 36.4 Å². The zero-order valence-corrected chi connectivity index (χ0v) is 19.6. The molecular formula is C26H29N2O5P. The largest absolute Gasteiger partial charge is 0.480 e. The number of carbonyl (C=O) groups is 2. The second kappa shape index (κ2) is 11.6. The molecule has 0 heterocycles. The van der Waals surface area contributed by atoms with Crippen LogP contribution in [0.3, 0.4) is 0 Å². The molecule has 3 aromatic carbocycles. The zero-order valence-electron chi connectivity index (χ0n) is 18.7. The predicted molar refractivity (Wildman–Crippen MR) is 133 cm³/mol. The van der Waals surface area contributed by atoms with Crippen molar-refractivity contribution < 1.29 is 24.2 Å². The quantitative estimate of drug-likeness (QED) is 0.245. The molecule has 0 bridgehead atoms. The van der Waals surface area contributed by atoms with Crippen LogP contribution < -0.4 is 11.1 Å². The molecule has 0 spiro atoms. The van der Waals surface area contributed by atoms with Crippen molar-refractivity contribution in [2.24, 2.45) is 5.92 Å². The number of carbonyl (C=O) groups excluding carboxylic acids is 1. The molecule has 0 aliphatic rings. The van der Waals surface area contributed by atoms with Crippen LogP contribution >= 0.6 is 7.37 Å². The smallest absolute Gasteiger partial charge is 0.326 e. The molecule has 5 N–H and O–H groups in total. The van der Waals surface area contributed by atoms with Gasteiger partial charge in [-0.15, -0.1) is 0 Å². The minimum Gasteiger partial charge on any atom is -0.480 e. The van der Waals surface area contributed by atoms with Gasteiger partial charge in [0.05, 0.1) is 5.92 Å². The number of carboxylic acids is 1. The molecule has 3 atom stereocenters. The van der Waals surface area contributed by atoms with E-state index >= 15 is 0 Å². The fraction of sp³-hybridized carbons (Fsp3) is 0.231. The SMILES string of the molecule is Nc1ccc(CP(=O)(O)CC(Cc2ccccc2)C(=O)NC(Cc2ccccc2)C(=O)O)cc1. The van der Waals surface area contributed by atoms with Gasteiger partial charge in [-0.2, -0.15) is 0 Å². The summed E-state index contributed by atoms with van der Waals surface area (Å²) in [6.07, 6.45) is -0.0349. The maximum atomic E-state index is 13.2. The molecule has 3 unspecified atom stereocenters. The summed E-state index contributed by atoms with van der Waals surface area (Å²) < 4.78 is 13.1. The summed E-state index contributed by atoms with van der Waals surface area (Å²) in [5.74, 6) is -2.59. The average Bonchev–Trinajstić information content (AvgIpc) is 2.80. The van der Waals surface area contributed by atoms with Crippen LogP contribution in [0.4, 0.5) is 5.69 Å². The van der Waals surface area contributed by atoms with Crippen LogP contribution in [0.1, 0.15) is 16.7 Å². The monoisotopic (exact) mass is 480 g/mol. The highest BCUT2D eigenvalue weighted by molar-refractivity contribution is 7.57. The summed E-state index contributed by atoms with van der Waals surface area (Å²) in [4.78, 5) is 35.8.